The maximum Gasteiger partial charge on any atom is 0.0934 e. The van der Waals surface area contributed by atoms with Gasteiger partial charge in [0.05, 0.1) is 11.2 Å². The van der Waals surface area contributed by atoms with Gasteiger partial charge >= 0.3 is 0 Å². The van der Waals surface area contributed by atoms with E-state index in [0.29, 0.717) is 12.1 Å². The fourth-order valence-corrected chi connectivity index (χ4v) is 2.98. The minimum Gasteiger partial charge on any atom is -0.381 e. The van der Waals surface area contributed by atoms with E-state index in [1.807, 2.05) is 30.5 Å². The van der Waals surface area contributed by atoms with Gasteiger partial charge in [-0.05, 0) is 43.9 Å². The molecule has 0 atom stereocenters. The minimum atomic E-state index is 0.368. The molecule has 3 N–H and O–H groups in total. The van der Waals surface area contributed by atoms with Crippen LogP contribution in [0.3, 0.4) is 0 Å². The second kappa shape index (κ2) is 5.35. The van der Waals surface area contributed by atoms with E-state index < -0.39 is 0 Å². The Hall–Kier alpha value is -1.32. The van der Waals surface area contributed by atoms with Crippen molar-refractivity contribution in [2.24, 2.45) is 5.73 Å². The van der Waals surface area contributed by atoms with Crippen molar-refractivity contribution in [2.75, 3.05) is 5.32 Å². The smallest absolute Gasteiger partial charge is 0.0934 e. The first-order chi connectivity index (χ1) is 9.22. The van der Waals surface area contributed by atoms with Crippen LogP contribution in [0.2, 0.25) is 5.02 Å². The van der Waals surface area contributed by atoms with Crippen LogP contribution in [0.1, 0.15) is 25.7 Å². The van der Waals surface area contributed by atoms with Gasteiger partial charge in [0, 0.05) is 28.7 Å². The number of aromatic nitrogens is 1. The molecule has 3 rings (SSSR count). The van der Waals surface area contributed by atoms with Crippen LogP contribution in [-0.4, -0.2) is 17.1 Å². The van der Waals surface area contributed by atoms with Gasteiger partial charge < -0.3 is 11.1 Å². The molecule has 19 heavy (non-hydrogen) atoms. The third-order valence-corrected chi connectivity index (χ3v) is 4.02. The first-order valence-electron chi connectivity index (χ1n) is 6.79. The standard InChI is InChI=1S/C15H18ClN3/c16-11-8-10-2-1-7-18-15(10)14(9-11)19-13-5-3-12(17)4-6-13/h1-2,7-9,12-13,19H,3-6,17H2. The van der Waals surface area contributed by atoms with Gasteiger partial charge in [0.25, 0.3) is 0 Å². The molecule has 0 saturated heterocycles. The maximum atomic E-state index is 6.18. The summed E-state index contributed by atoms with van der Waals surface area (Å²) >= 11 is 6.18. The molecule has 4 heteroatoms. The molecule has 100 valence electrons. The predicted molar refractivity (Wildman–Crippen MR) is 80.6 cm³/mol. The number of hydrogen-bond acceptors (Lipinski definition) is 3. The van der Waals surface area contributed by atoms with E-state index >= 15 is 0 Å². The quantitative estimate of drug-likeness (QED) is 0.881. The van der Waals surface area contributed by atoms with Gasteiger partial charge in [-0.3, -0.25) is 4.98 Å². The largest absolute Gasteiger partial charge is 0.381 e. The number of halogens is 1. The van der Waals surface area contributed by atoms with Crippen LogP contribution in [0.5, 0.6) is 0 Å². The van der Waals surface area contributed by atoms with Crippen LogP contribution < -0.4 is 11.1 Å². The van der Waals surface area contributed by atoms with Crippen LogP contribution in [0.15, 0.2) is 30.5 Å². The van der Waals surface area contributed by atoms with E-state index in [-0.39, 0.29) is 0 Å². The van der Waals surface area contributed by atoms with Gasteiger partial charge in [0.15, 0.2) is 0 Å². The first kappa shape index (κ1) is 12.7. The fourth-order valence-electron chi connectivity index (χ4n) is 2.75. The molecule has 1 aromatic carbocycles. The summed E-state index contributed by atoms with van der Waals surface area (Å²) in [6.07, 6.45) is 6.22. The van der Waals surface area contributed by atoms with Crippen molar-refractivity contribution < 1.29 is 0 Å². The van der Waals surface area contributed by atoms with Crippen LogP contribution in [-0.2, 0) is 0 Å². The molecule has 0 amide bonds. The third kappa shape index (κ3) is 2.82. The Balaban J connectivity index is 1.88. The SMILES string of the molecule is NC1CCC(Nc2cc(Cl)cc3cccnc23)CC1. The zero-order chi connectivity index (χ0) is 13.2. The molecule has 1 fully saturated rings. The van der Waals surface area contributed by atoms with Crippen LogP contribution in [0.4, 0.5) is 5.69 Å². The second-order valence-electron chi connectivity index (χ2n) is 5.28. The van der Waals surface area contributed by atoms with Gasteiger partial charge in [0.2, 0.25) is 0 Å². The molecular formula is C15H18ClN3. The lowest BCUT2D eigenvalue weighted by molar-refractivity contribution is 0.411. The van der Waals surface area contributed by atoms with Gasteiger partial charge in [-0.2, -0.15) is 0 Å². The molecular weight excluding hydrogens is 258 g/mol. The number of hydrogen-bond donors (Lipinski definition) is 2. The Morgan fingerprint density at radius 3 is 2.79 bits per heavy atom. The maximum absolute atomic E-state index is 6.18. The normalized spacial score (nSPS) is 23.5. The van der Waals surface area contributed by atoms with Gasteiger partial charge in [-0.1, -0.05) is 17.7 Å². The number of pyridine rings is 1. The van der Waals surface area contributed by atoms with E-state index in [2.05, 4.69) is 10.3 Å². The molecule has 1 saturated carbocycles. The Labute approximate surface area is 118 Å². The zero-order valence-corrected chi connectivity index (χ0v) is 11.5. The lowest BCUT2D eigenvalue weighted by Crippen LogP contribution is -2.32. The molecule has 2 aromatic rings. The third-order valence-electron chi connectivity index (χ3n) is 3.80. The average Bonchev–Trinajstić information content (AvgIpc) is 2.41. The summed E-state index contributed by atoms with van der Waals surface area (Å²) in [5, 5.41) is 5.40. The lowest BCUT2D eigenvalue weighted by Gasteiger charge is -2.28. The fraction of sp³-hybridized carbons (Fsp3) is 0.400. The molecule has 3 nitrogen and oxygen atoms in total. The highest BCUT2D eigenvalue weighted by molar-refractivity contribution is 6.31. The summed E-state index contributed by atoms with van der Waals surface area (Å²) in [6.45, 7) is 0. The summed E-state index contributed by atoms with van der Waals surface area (Å²) in [5.41, 5.74) is 7.96. The minimum absolute atomic E-state index is 0.368. The summed E-state index contributed by atoms with van der Waals surface area (Å²) in [5.74, 6) is 0. The number of nitrogens with one attached hydrogen (secondary N) is 1. The van der Waals surface area contributed by atoms with Crippen molar-refractivity contribution >= 4 is 28.2 Å². The molecule has 1 aliphatic carbocycles. The predicted octanol–water partition coefficient (Wildman–Crippen LogP) is 3.57. The number of fused-ring (bicyclic) bond motifs is 1. The van der Waals surface area contributed by atoms with Crippen LogP contribution >= 0.6 is 11.6 Å². The summed E-state index contributed by atoms with van der Waals surface area (Å²) in [6, 6.07) is 8.73. The molecule has 0 aliphatic heterocycles. The number of anilines is 1. The van der Waals surface area contributed by atoms with Crippen molar-refractivity contribution in [3.63, 3.8) is 0 Å². The van der Waals surface area contributed by atoms with Gasteiger partial charge in [-0.25, -0.2) is 0 Å². The van der Waals surface area contributed by atoms with E-state index in [0.717, 1.165) is 47.3 Å². The zero-order valence-electron chi connectivity index (χ0n) is 10.8. The summed E-state index contributed by atoms with van der Waals surface area (Å²) < 4.78 is 0. The van der Waals surface area contributed by atoms with E-state index in [4.69, 9.17) is 17.3 Å². The summed E-state index contributed by atoms with van der Waals surface area (Å²) in [4.78, 5) is 4.46. The molecule has 0 radical (unpaired) electrons. The highest BCUT2D eigenvalue weighted by Gasteiger charge is 2.19. The Morgan fingerprint density at radius 2 is 2.00 bits per heavy atom. The number of nitrogens with zero attached hydrogens (tertiary/aromatic N) is 1. The number of benzene rings is 1. The van der Waals surface area contributed by atoms with Crippen molar-refractivity contribution in [2.45, 2.75) is 37.8 Å². The first-order valence-corrected chi connectivity index (χ1v) is 7.16. The van der Waals surface area contributed by atoms with E-state index in [9.17, 15) is 0 Å². The van der Waals surface area contributed by atoms with Gasteiger partial charge in [0.1, 0.15) is 0 Å². The Kier molecular flexibility index (Phi) is 3.58. The monoisotopic (exact) mass is 275 g/mol. The molecule has 1 aliphatic rings. The van der Waals surface area contributed by atoms with Gasteiger partial charge in [-0.15, -0.1) is 0 Å². The average molecular weight is 276 g/mol. The number of nitrogens with two attached hydrogens (primary N) is 1. The molecule has 0 unspecified atom stereocenters. The van der Waals surface area contributed by atoms with Crippen molar-refractivity contribution in [3.05, 3.63) is 35.5 Å². The molecule has 1 aromatic heterocycles. The highest BCUT2D eigenvalue weighted by atomic mass is 35.5. The number of rotatable bonds is 2. The topological polar surface area (TPSA) is 50.9 Å². The Morgan fingerprint density at radius 1 is 1.21 bits per heavy atom. The Bertz CT molecular complexity index is 577. The van der Waals surface area contributed by atoms with E-state index in [1.54, 1.807) is 0 Å². The summed E-state index contributed by atoms with van der Waals surface area (Å²) in [7, 11) is 0. The van der Waals surface area contributed by atoms with Crippen molar-refractivity contribution in [3.8, 4) is 0 Å². The second-order valence-corrected chi connectivity index (χ2v) is 5.72. The molecule has 0 bridgehead atoms. The van der Waals surface area contributed by atoms with Crippen molar-refractivity contribution in [1.82, 2.24) is 4.98 Å². The van der Waals surface area contributed by atoms with Crippen LogP contribution in [0, 0.1) is 0 Å². The lowest BCUT2D eigenvalue weighted by atomic mass is 9.91. The molecule has 0 spiro atoms. The van der Waals surface area contributed by atoms with Crippen molar-refractivity contribution in [1.29, 1.82) is 0 Å². The molecule has 1 heterocycles. The van der Waals surface area contributed by atoms with Crippen LogP contribution in [0.25, 0.3) is 10.9 Å². The highest BCUT2D eigenvalue weighted by Crippen LogP contribution is 2.29. The van der Waals surface area contributed by atoms with E-state index in [1.165, 1.54) is 0 Å².